The molecule has 3 aromatic heterocycles. The summed E-state index contributed by atoms with van der Waals surface area (Å²) in [5.74, 6) is 0.636. The number of fused-ring (bicyclic) bond motifs is 1. The van der Waals surface area contributed by atoms with Gasteiger partial charge in [0.1, 0.15) is 10.8 Å². The first-order valence-corrected chi connectivity index (χ1v) is 9.19. The van der Waals surface area contributed by atoms with Crippen LogP contribution in [0.4, 0.5) is 11.4 Å². The molecule has 1 aliphatic rings. The van der Waals surface area contributed by atoms with E-state index in [0.29, 0.717) is 12.5 Å². The minimum atomic E-state index is -0.620. The smallest absolute Gasteiger partial charge is 0.160 e. The second kappa shape index (κ2) is 6.65. The molecular formula is C18H20BrN5O. The van der Waals surface area contributed by atoms with Crippen molar-refractivity contribution in [3.63, 3.8) is 0 Å². The predicted octanol–water partition coefficient (Wildman–Crippen LogP) is 3.73. The largest absolute Gasteiger partial charge is 0.379 e. The van der Waals surface area contributed by atoms with E-state index in [4.69, 9.17) is 4.98 Å². The molecule has 3 N–H and O–H groups in total. The van der Waals surface area contributed by atoms with Crippen LogP contribution in [0.1, 0.15) is 36.9 Å². The molecule has 0 amide bonds. The summed E-state index contributed by atoms with van der Waals surface area (Å²) in [6, 6.07) is 5.97. The lowest BCUT2D eigenvalue weighted by molar-refractivity contribution is 0.224. The number of nitrogens with one attached hydrogen (secondary N) is 2. The first-order chi connectivity index (χ1) is 12.1. The minimum Gasteiger partial charge on any atom is -0.379 e. The van der Waals surface area contributed by atoms with E-state index in [0.717, 1.165) is 27.3 Å². The molecule has 3 aromatic rings. The molecule has 1 aliphatic carbocycles. The second-order valence-corrected chi connectivity index (χ2v) is 7.28. The van der Waals surface area contributed by atoms with Crippen LogP contribution in [-0.2, 0) is 6.54 Å². The zero-order chi connectivity index (χ0) is 17.4. The molecule has 0 spiro atoms. The average molecular weight is 402 g/mol. The summed E-state index contributed by atoms with van der Waals surface area (Å²) in [6.07, 6.45) is 7.80. The Kier molecular flexibility index (Phi) is 4.35. The number of halogens is 1. The number of aromatic nitrogens is 3. The van der Waals surface area contributed by atoms with E-state index in [1.807, 2.05) is 18.3 Å². The zero-order valence-electron chi connectivity index (χ0n) is 13.9. The van der Waals surface area contributed by atoms with Crippen LogP contribution in [0, 0.1) is 0 Å². The van der Waals surface area contributed by atoms with E-state index in [-0.39, 0.29) is 0 Å². The normalized spacial score (nSPS) is 15.3. The summed E-state index contributed by atoms with van der Waals surface area (Å²) in [4.78, 5) is 8.85. The van der Waals surface area contributed by atoms with Gasteiger partial charge in [0.2, 0.25) is 0 Å². The molecule has 1 atom stereocenters. The molecule has 4 rings (SSSR count). The molecule has 3 heterocycles. The fourth-order valence-corrected chi connectivity index (χ4v) is 3.30. The van der Waals surface area contributed by atoms with E-state index >= 15 is 0 Å². The lowest BCUT2D eigenvalue weighted by Gasteiger charge is -2.12. The van der Waals surface area contributed by atoms with Gasteiger partial charge in [-0.15, -0.1) is 0 Å². The van der Waals surface area contributed by atoms with Crippen molar-refractivity contribution in [2.75, 3.05) is 10.6 Å². The Bertz CT molecular complexity index is 904. The third-order valence-corrected chi connectivity index (χ3v) is 4.67. The van der Waals surface area contributed by atoms with E-state index in [1.165, 1.54) is 18.4 Å². The Hall–Kier alpha value is -2.12. The standard InChI is InChI=1S/C18H20BrN5O/c1-11(25)22-16-6-13(12-2-3-12)9-24-10-15(23-18(16)24)8-21-14-4-5-20-17(19)7-14/h4-7,9-12,22,25H,2-3,8H2,1H3,(H,20,21). The molecule has 0 saturated heterocycles. The van der Waals surface area contributed by atoms with Crippen molar-refractivity contribution in [3.8, 4) is 0 Å². The lowest BCUT2D eigenvalue weighted by atomic mass is 10.2. The number of hydrogen-bond acceptors (Lipinski definition) is 5. The molecule has 1 saturated carbocycles. The molecule has 6 nitrogen and oxygen atoms in total. The summed E-state index contributed by atoms with van der Waals surface area (Å²) in [6.45, 7) is 2.33. The highest BCUT2D eigenvalue weighted by atomic mass is 79.9. The van der Waals surface area contributed by atoms with Crippen molar-refractivity contribution in [2.45, 2.75) is 38.5 Å². The van der Waals surface area contributed by atoms with Gasteiger partial charge >= 0.3 is 0 Å². The first kappa shape index (κ1) is 16.4. The third kappa shape index (κ3) is 3.77. The van der Waals surface area contributed by atoms with Crippen LogP contribution in [0.3, 0.4) is 0 Å². The van der Waals surface area contributed by atoms with Crippen molar-refractivity contribution in [2.24, 2.45) is 0 Å². The number of rotatable bonds is 6. The average Bonchev–Trinajstić information content (AvgIpc) is 3.32. The molecular weight excluding hydrogens is 382 g/mol. The van der Waals surface area contributed by atoms with Crippen LogP contribution >= 0.6 is 15.9 Å². The van der Waals surface area contributed by atoms with Crippen molar-refractivity contribution in [1.29, 1.82) is 0 Å². The second-order valence-electron chi connectivity index (χ2n) is 6.47. The minimum absolute atomic E-state index is 0.616. The molecule has 0 aromatic carbocycles. The van der Waals surface area contributed by atoms with Gasteiger partial charge in [-0.2, -0.15) is 0 Å². The summed E-state index contributed by atoms with van der Waals surface area (Å²) >= 11 is 3.37. The van der Waals surface area contributed by atoms with Crippen molar-refractivity contribution < 1.29 is 5.11 Å². The van der Waals surface area contributed by atoms with Crippen LogP contribution < -0.4 is 10.6 Å². The van der Waals surface area contributed by atoms with Crippen LogP contribution in [0.25, 0.3) is 5.65 Å². The maximum absolute atomic E-state index is 9.72. The summed E-state index contributed by atoms with van der Waals surface area (Å²) in [5, 5.41) is 16.2. The van der Waals surface area contributed by atoms with Gasteiger partial charge in [-0.25, -0.2) is 9.97 Å². The maximum Gasteiger partial charge on any atom is 0.160 e. The molecule has 130 valence electrons. The van der Waals surface area contributed by atoms with Gasteiger partial charge in [-0.05, 0) is 65.4 Å². The highest BCUT2D eigenvalue weighted by molar-refractivity contribution is 9.10. The van der Waals surface area contributed by atoms with E-state index in [2.05, 4.69) is 48.2 Å². The number of hydrogen-bond donors (Lipinski definition) is 3. The van der Waals surface area contributed by atoms with Gasteiger partial charge in [0.15, 0.2) is 5.65 Å². The molecule has 25 heavy (non-hydrogen) atoms. The third-order valence-electron chi connectivity index (χ3n) is 4.24. The molecule has 0 bridgehead atoms. The summed E-state index contributed by atoms with van der Waals surface area (Å²) in [5.41, 5.74) is 4.93. The number of aliphatic hydroxyl groups excluding tert-OH is 1. The Labute approximate surface area is 154 Å². The van der Waals surface area contributed by atoms with Crippen molar-refractivity contribution >= 4 is 33.0 Å². The van der Waals surface area contributed by atoms with E-state index in [9.17, 15) is 5.11 Å². The number of imidazole rings is 1. The van der Waals surface area contributed by atoms with Crippen LogP contribution in [0.15, 0.2) is 41.4 Å². The van der Waals surface area contributed by atoms with Gasteiger partial charge < -0.3 is 20.1 Å². The fourth-order valence-electron chi connectivity index (χ4n) is 2.93. The Morgan fingerprint density at radius 3 is 2.92 bits per heavy atom. The molecule has 7 heteroatoms. The Morgan fingerprint density at radius 2 is 2.20 bits per heavy atom. The highest BCUT2D eigenvalue weighted by Gasteiger charge is 2.25. The topological polar surface area (TPSA) is 74.5 Å². The summed E-state index contributed by atoms with van der Waals surface area (Å²) < 4.78 is 2.85. The number of anilines is 2. The fraction of sp³-hybridized carbons (Fsp3) is 0.333. The molecule has 1 fully saturated rings. The Morgan fingerprint density at radius 1 is 1.36 bits per heavy atom. The van der Waals surface area contributed by atoms with Crippen molar-refractivity contribution in [1.82, 2.24) is 14.4 Å². The Balaban J connectivity index is 1.61. The zero-order valence-corrected chi connectivity index (χ0v) is 15.5. The molecule has 1 unspecified atom stereocenters. The van der Waals surface area contributed by atoms with Crippen LogP contribution in [-0.4, -0.2) is 25.7 Å². The number of aliphatic hydroxyl groups is 1. The summed E-state index contributed by atoms with van der Waals surface area (Å²) in [7, 11) is 0. The van der Waals surface area contributed by atoms with Gasteiger partial charge in [-0.1, -0.05) is 0 Å². The SMILES string of the molecule is CC(O)Nc1cc(C2CC2)cn2cc(CNc3ccnc(Br)c3)nc12. The van der Waals surface area contributed by atoms with Gasteiger partial charge in [0.05, 0.1) is 17.9 Å². The molecule has 0 aliphatic heterocycles. The van der Waals surface area contributed by atoms with Crippen LogP contribution in [0.5, 0.6) is 0 Å². The molecule has 0 radical (unpaired) electrons. The number of pyridine rings is 2. The lowest BCUT2D eigenvalue weighted by Crippen LogP contribution is -2.14. The highest BCUT2D eigenvalue weighted by Crippen LogP contribution is 2.41. The van der Waals surface area contributed by atoms with Crippen LogP contribution in [0.2, 0.25) is 0 Å². The first-order valence-electron chi connectivity index (χ1n) is 8.40. The maximum atomic E-state index is 9.72. The number of nitrogens with zero attached hydrogens (tertiary/aromatic N) is 3. The monoisotopic (exact) mass is 401 g/mol. The van der Waals surface area contributed by atoms with Gasteiger partial charge in [-0.3, -0.25) is 0 Å². The van der Waals surface area contributed by atoms with E-state index in [1.54, 1.807) is 13.1 Å². The van der Waals surface area contributed by atoms with Gasteiger partial charge in [0, 0.05) is 24.3 Å². The quantitative estimate of drug-likeness (QED) is 0.433. The van der Waals surface area contributed by atoms with Gasteiger partial charge in [0.25, 0.3) is 0 Å². The van der Waals surface area contributed by atoms with E-state index < -0.39 is 6.23 Å². The predicted molar refractivity (Wildman–Crippen MR) is 102 cm³/mol. The van der Waals surface area contributed by atoms with Crippen molar-refractivity contribution in [3.05, 3.63) is 52.7 Å².